The molecule has 0 fully saturated rings. The van der Waals surface area contributed by atoms with Crippen molar-refractivity contribution in [2.45, 2.75) is 26.7 Å². The molecule has 0 aromatic heterocycles. The van der Waals surface area contributed by atoms with E-state index in [9.17, 15) is 4.57 Å². The molecule has 4 heteroatoms. The minimum atomic E-state index is -2.94. The molecule has 1 atom stereocenters. The first-order valence-corrected chi connectivity index (χ1v) is 6.58. The molecule has 0 aliphatic carbocycles. The Balaban J connectivity index is 3.30. The van der Waals surface area contributed by atoms with Crippen molar-refractivity contribution in [1.82, 2.24) is 0 Å². The third-order valence-electron chi connectivity index (χ3n) is 2.55. The van der Waals surface area contributed by atoms with E-state index < -0.39 is 8.25 Å². The predicted octanol–water partition coefficient (Wildman–Crippen LogP) is 3.22. The maximum Gasteiger partial charge on any atom is 0.365 e. The van der Waals surface area contributed by atoms with E-state index in [1.165, 1.54) is 0 Å². The van der Waals surface area contributed by atoms with Crippen molar-refractivity contribution in [2.24, 2.45) is 0 Å². The topological polar surface area (TPSA) is 46.5 Å². The van der Waals surface area contributed by atoms with E-state index in [0.717, 1.165) is 29.5 Å². The van der Waals surface area contributed by atoms with Crippen LogP contribution in [0.4, 0.5) is 0 Å². The van der Waals surface area contributed by atoms with Crippen LogP contribution in [0, 0.1) is 0 Å². The molecule has 0 saturated carbocycles. The summed E-state index contributed by atoms with van der Waals surface area (Å²) in [5.41, 5.74) is 3.19. The number of benzene rings is 1. The average Bonchev–Trinajstić information content (AvgIpc) is 2.27. The lowest BCUT2D eigenvalue weighted by atomic mass is 9.96. The largest absolute Gasteiger partial charge is 0.426 e. The van der Waals surface area contributed by atoms with Crippen molar-refractivity contribution in [3.05, 3.63) is 35.4 Å². The predicted molar refractivity (Wildman–Crippen MR) is 67.1 cm³/mol. The fourth-order valence-corrected chi connectivity index (χ4v) is 2.26. The van der Waals surface area contributed by atoms with Crippen molar-refractivity contribution < 1.29 is 14.0 Å². The van der Waals surface area contributed by atoms with Crippen LogP contribution in [0.2, 0.25) is 0 Å². The summed E-state index contributed by atoms with van der Waals surface area (Å²) in [6.07, 6.45) is 3.42. The molecule has 0 spiro atoms. The second-order valence-electron chi connectivity index (χ2n) is 3.39. The Hall–Kier alpha value is -1.05. The summed E-state index contributed by atoms with van der Waals surface area (Å²) in [4.78, 5) is 8.82. The van der Waals surface area contributed by atoms with Crippen molar-refractivity contribution in [2.75, 3.05) is 0 Å². The van der Waals surface area contributed by atoms with E-state index in [2.05, 4.69) is 6.58 Å². The first-order valence-electron chi connectivity index (χ1n) is 5.31. The minimum Gasteiger partial charge on any atom is -0.426 e. The smallest absolute Gasteiger partial charge is 0.365 e. The zero-order chi connectivity index (χ0) is 12.1. The van der Waals surface area contributed by atoms with E-state index >= 15 is 0 Å². The summed E-state index contributed by atoms with van der Waals surface area (Å²) in [6.45, 7) is 7.81. The molecule has 1 N–H and O–H groups in total. The maximum absolute atomic E-state index is 10.7. The van der Waals surface area contributed by atoms with E-state index in [1.807, 2.05) is 19.9 Å². The van der Waals surface area contributed by atoms with E-state index in [0.29, 0.717) is 5.75 Å². The fourth-order valence-electron chi connectivity index (χ4n) is 1.88. The Morgan fingerprint density at radius 1 is 1.38 bits per heavy atom. The molecular formula is C12H17O3P. The summed E-state index contributed by atoms with van der Waals surface area (Å²) in [5, 5.41) is 0. The van der Waals surface area contributed by atoms with Crippen molar-refractivity contribution in [3.8, 4) is 5.75 Å². The molecule has 16 heavy (non-hydrogen) atoms. The van der Waals surface area contributed by atoms with Crippen LogP contribution in [-0.2, 0) is 17.4 Å². The zero-order valence-electron chi connectivity index (χ0n) is 9.62. The first kappa shape index (κ1) is 13.0. The van der Waals surface area contributed by atoms with Gasteiger partial charge in [-0.15, -0.1) is 0 Å². The summed E-state index contributed by atoms with van der Waals surface area (Å²) in [6, 6.07) is 3.60. The second-order valence-corrected chi connectivity index (χ2v) is 4.13. The third kappa shape index (κ3) is 2.75. The summed E-state index contributed by atoms with van der Waals surface area (Å²) < 4.78 is 15.7. The van der Waals surface area contributed by atoms with Crippen LogP contribution in [0.5, 0.6) is 5.75 Å². The molecule has 0 aliphatic rings. The molecule has 3 nitrogen and oxygen atoms in total. The van der Waals surface area contributed by atoms with Gasteiger partial charge in [0, 0.05) is 0 Å². The maximum atomic E-state index is 10.7. The Kier molecular flexibility index (Phi) is 4.78. The molecule has 0 bridgehead atoms. The Bertz CT molecular complexity index is 413. The Morgan fingerprint density at radius 3 is 2.44 bits per heavy atom. The molecule has 0 amide bonds. The van der Waals surface area contributed by atoms with Gasteiger partial charge in [0.25, 0.3) is 0 Å². The lowest BCUT2D eigenvalue weighted by Gasteiger charge is -2.14. The highest BCUT2D eigenvalue weighted by molar-refractivity contribution is 7.32. The normalized spacial score (nSPS) is 12.2. The van der Waals surface area contributed by atoms with Crippen LogP contribution in [-0.4, -0.2) is 4.89 Å². The van der Waals surface area contributed by atoms with Crippen LogP contribution < -0.4 is 4.52 Å². The van der Waals surface area contributed by atoms with Crippen LogP contribution in [0.25, 0.3) is 6.08 Å². The molecule has 1 aromatic rings. The van der Waals surface area contributed by atoms with E-state index in [1.54, 1.807) is 12.1 Å². The monoisotopic (exact) mass is 240 g/mol. The van der Waals surface area contributed by atoms with Crippen LogP contribution in [0.3, 0.4) is 0 Å². The minimum absolute atomic E-state index is 0.510. The molecule has 1 unspecified atom stereocenters. The van der Waals surface area contributed by atoms with Gasteiger partial charge in [-0.25, -0.2) is 4.57 Å². The van der Waals surface area contributed by atoms with Gasteiger partial charge in [-0.05, 0) is 35.6 Å². The molecule has 1 rings (SSSR count). The van der Waals surface area contributed by atoms with Crippen LogP contribution >= 0.6 is 8.25 Å². The number of rotatable bonds is 5. The summed E-state index contributed by atoms with van der Waals surface area (Å²) in [5.74, 6) is 0.510. The molecule has 0 radical (unpaired) electrons. The quantitative estimate of drug-likeness (QED) is 0.804. The first-order chi connectivity index (χ1) is 7.63. The highest BCUT2D eigenvalue weighted by Crippen LogP contribution is 2.32. The van der Waals surface area contributed by atoms with E-state index in [-0.39, 0.29) is 0 Å². The molecule has 0 aliphatic heterocycles. The number of hydrogen-bond donors (Lipinski definition) is 1. The Morgan fingerprint density at radius 2 is 2.00 bits per heavy atom. The van der Waals surface area contributed by atoms with Crippen molar-refractivity contribution in [1.29, 1.82) is 0 Å². The van der Waals surface area contributed by atoms with Gasteiger partial charge in [-0.2, -0.15) is 0 Å². The third-order valence-corrected chi connectivity index (χ3v) is 2.94. The Labute approximate surface area is 96.7 Å². The highest BCUT2D eigenvalue weighted by atomic mass is 31.1. The van der Waals surface area contributed by atoms with E-state index in [4.69, 9.17) is 9.42 Å². The molecule has 0 heterocycles. The van der Waals surface area contributed by atoms with Gasteiger partial charge in [0.15, 0.2) is 0 Å². The van der Waals surface area contributed by atoms with Crippen LogP contribution in [0.1, 0.15) is 30.5 Å². The highest BCUT2D eigenvalue weighted by Gasteiger charge is 2.11. The molecular weight excluding hydrogens is 223 g/mol. The number of hydrogen-bond acceptors (Lipinski definition) is 2. The molecule has 1 aromatic carbocycles. The molecule has 0 saturated heterocycles. The van der Waals surface area contributed by atoms with Gasteiger partial charge in [0.1, 0.15) is 5.75 Å². The standard InChI is InChI=1S/C12H17O3P/c1-4-9-7-8-12(15-16(13)14)11(6-3)10(9)5-2/h4,7-8,16H,1,5-6H2,2-3H3,(H,13,14). The fraction of sp³-hybridized carbons (Fsp3) is 0.333. The second kappa shape index (κ2) is 5.88. The van der Waals surface area contributed by atoms with Gasteiger partial charge >= 0.3 is 8.25 Å². The van der Waals surface area contributed by atoms with Gasteiger partial charge in [-0.3, -0.25) is 0 Å². The summed E-state index contributed by atoms with van der Waals surface area (Å²) >= 11 is 0. The van der Waals surface area contributed by atoms with Gasteiger partial charge < -0.3 is 9.42 Å². The summed E-state index contributed by atoms with van der Waals surface area (Å²) in [7, 11) is -2.94. The van der Waals surface area contributed by atoms with Crippen molar-refractivity contribution >= 4 is 14.3 Å². The SMILES string of the molecule is C=Cc1ccc(O[PH](=O)O)c(CC)c1CC. The van der Waals surface area contributed by atoms with Crippen molar-refractivity contribution in [3.63, 3.8) is 0 Å². The zero-order valence-corrected chi connectivity index (χ0v) is 10.6. The van der Waals surface area contributed by atoms with Gasteiger partial charge in [0.2, 0.25) is 0 Å². The van der Waals surface area contributed by atoms with Crippen LogP contribution in [0.15, 0.2) is 18.7 Å². The van der Waals surface area contributed by atoms with Gasteiger partial charge in [-0.1, -0.05) is 32.6 Å². The van der Waals surface area contributed by atoms with Gasteiger partial charge in [0.05, 0.1) is 0 Å². The average molecular weight is 240 g/mol. The lowest BCUT2D eigenvalue weighted by molar-refractivity contribution is 0.408. The molecule has 88 valence electrons. The lowest BCUT2D eigenvalue weighted by Crippen LogP contribution is -1.98.